The number of esters is 1. The monoisotopic (exact) mass is 391 g/mol. The zero-order chi connectivity index (χ0) is 19.4. The molecule has 0 radical (unpaired) electrons. The van der Waals surface area contributed by atoms with Crippen molar-refractivity contribution >= 4 is 23.6 Å². The Morgan fingerprint density at radius 3 is 2.70 bits per heavy atom. The Balaban J connectivity index is 2.04. The molecule has 1 aromatic rings. The number of benzene rings is 1. The second-order valence-electron chi connectivity index (χ2n) is 6.91. The molecule has 1 fully saturated rings. The number of rotatable bonds is 5. The van der Waals surface area contributed by atoms with Crippen LogP contribution >= 0.6 is 11.6 Å². The van der Waals surface area contributed by atoms with Gasteiger partial charge in [-0.1, -0.05) is 30.2 Å². The Morgan fingerprint density at radius 1 is 1.30 bits per heavy atom. The van der Waals surface area contributed by atoms with Crippen molar-refractivity contribution in [2.45, 2.75) is 32.2 Å². The molecule has 0 aromatic heterocycles. The summed E-state index contributed by atoms with van der Waals surface area (Å²) in [4.78, 5) is 29.3. The summed E-state index contributed by atoms with van der Waals surface area (Å²) in [7, 11) is 1.70. The minimum Gasteiger partial charge on any atom is -0.463 e. The third-order valence-corrected chi connectivity index (χ3v) is 5.31. The smallest absolute Gasteiger partial charge is 0.338 e. The van der Waals surface area contributed by atoms with Gasteiger partial charge in [0.1, 0.15) is 0 Å². The number of hydrogen-bond acceptors (Lipinski definition) is 4. The van der Waals surface area contributed by atoms with Gasteiger partial charge in [-0.05, 0) is 50.6 Å². The maximum atomic E-state index is 12.9. The number of piperidine rings is 1. The molecular weight excluding hydrogens is 366 g/mol. The van der Waals surface area contributed by atoms with Crippen LogP contribution in [0.1, 0.15) is 37.8 Å². The lowest BCUT2D eigenvalue weighted by Gasteiger charge is -2.37. The summed E-state index contributed by atoms with van der Waals surface area (Å²) in [5.74, 6) is -0.402. The molecule has 0 bridgehead atoms. The highest BCUT2D eigenvalue weighted by atomic mass is 35.5. The van der Waals surface area contributed by atoms with Crippen molar-refractivity contribution in [2.75, 3.05) is 33.3 Å². The minimum absolute atomic E-state index is 0.236. The fraction of sp³-hybridized carbons (Fsp3) is 0.500. The summed E-state index contributed by atoms with van der Waals surface area (Å²) in [6.07, 6.45) is 3.49. The quantitative estimate of drug-likeness (QED) is 0.782. The van der Waals surface area contributed by atoms with E-state index in [1.807, 2.05) is 12.1 Å². The van der Waals surface area contributed by atoms with Crippen LogP contribution in [0.15, 0.2) is 35.5 Å². The number of amides is 2. The van der Waals surface area contributed by atoms with E-state index in [-0.39, 0.29) is 12.6 Å². The van der Waals surface area contributed by atoms with E-state index in [2.05, 4.69) is 10.2 Å². The highest BCUT2D eigenvalue weighted by Crippen LogP contribution is 2.32. The van der Waals surface area contributed by atoms with Crippen molar-refractivity contribution in [1.82, 2.24) is 15.1 Å². The van der Waals surface area contributed by atoms with E-state index in [1.54, 1.807) is 26.1 Å². The van der Waals surface area contributed by atoms with E-state index in [0.717, 1.165) is 31.5 Å². The zero-order valence-electron chi connectivity index (χ0n) is 15.8. The number of halogens is 1. The second kappa shape index (κ2) is 8.76. The molecule has 27 heavy (non-hydrogen) atoms. The SMILES string of the molecule is CCOC(=O)C1=C(CN2CCCCC2)N(C)C(=O)N[C@H]1c1cccc(Cl)c1. The van der Waals surface area contributed by atoms with Gasteiger partial charge in [0, 0.05) is 24.3 Å². The summed E-state index contributed by atoms with van der Waals surface area (Å²) >= 11 is 6.15. The number of carbonyl (C=O) groups is 2. The minimum atomic E-state index is -0.578. The molecule has 0 spiro atoms. The first-order valence-corrected chi connectivity index (χ1v) is 9.81. The van der Waals surface area contributed by atoms with E-state index in [9.17, 15) is 9.59 Å². The number of carbonyl (C=O) groups excluding carboxylic acids is 2. The van der Waals surface area contributed by atoms with E-state index in [0.29, 0.717) is 22.8 Å². The van der Waals surface area contributed by atoms with Crippen LogP contribution < -0.4 is 5.32 Å². The van der Waals surface area contributed by atoms with Gasteiger partial charge >= 0.3 is 12.0 Å². The lowest BCUT2D eigenvalue weighted by molar-refractivity contribution is -0.139. The maximum Gasteiger partial charge on any atom is 0.338 e. The molecule has 1 saturated heterocycles. The van der Waals surface area contributed by atoms with Gasteiger partial charge in [-0.15, -0.1) is 0 Å². The van der Waals surface area contributed by atoms with Gasteiger partial charge < -0.3 is 10.1 Å². The molecule has 1 N–H and O–H groups in total. The summed E-state index contributed by atoms with van der Waals surface area (Å²) in [6, 6.07) is 6.40. The van der Waals surface area contributed by atoms with Crippen LogP contribution in [0.4, 0.5) is 4.79 Å². The molecule has 2 aliphatic rings. The Morgan fingerprint density at radius 2 is 2.04 bits per heavy atom. The molecule has 2 aliphatic heterocycles. The zero-order valence-corrected chi connectivity index (χ0v) is 16.6. The molecule has 6 nitrogen and oxygen atoms in total. The number of hydrogen-bond donors (Lipinski definition) is 1. The van der Waals surface area contributed by atoms with Crippen molar-refractivity contribution in [2.24, 2.45) is 0 Å². The number of nitrogens with zero attached hydrogens (tertiary/aromatic N) is 2. The van der Waals surface area contributed by atoms with Crippen LogP contribution in [0.3, 0.4) is 0 Å². The fourth-order valence-electron chi connectivity index (χ4n) is 3.66. The van der Waals surface area contributed by atoms with E-state index < -0.39 is 12.0 Å². The van der Waals surface area contributed by atoms with Crippen LogP contribution in [0.5, 0.6) is 0 Å². The largest absolute Gasteiger partial charge is 0.463 e. The Bertz CT molecular complexity index is 744. The number of nitrogens with one attached hydrogen (secondary N) is 1. The van der Waals surface area contributed by atoms with Gasteiger partial charge in [0.05, 0.1) is 18.2 Å². The number of urea groups is 1. The van der Waals surface area contributed by atoms with E-state index in [1.165, 1.54) is 11.3 Å². The highest BCUT2D eigenvalue weighted by molar-refractivity contribution is 6.30. The van der Waals surface area contributed by atoms with Crippen LogP contribution in [0.25, 0.3) is 0 Å². The van der Waals surface area contributed by atoms with Crippen LogP contribution in [0.2, 0.25) is 5.02 Å². The number of ether oxygens (including phenoxy) is 1. The summed E-state index contributed by atoms with van der Waals surface area (Å²) in [6.45, 7) is 4.55. The van der Waals surface area contributed by atoms with Crippen LogP contribution in [-0.4, -0.2) is 55.1 Å². The highest BCUT2D eigenvalue weighted by Gasteiger charge is 2.37. The van der Waals surface area contributed by atoms with Gasteiger partial charge in [0.15, 0.2) is 0 Å². The van der Waals surface area contributed by atoms with Crippen molar-refractivity contribution < 1.29 is 14.3 Å². The molecule has 7 heteroatoms. The molecule has 0 unspecified atom stereocenters. The predicted molar refractivity (Wildman–Crippen MR) is 104 cm³/mol. The third kappa shape index (κ3) is 4.45. The van der Waals surface area contributed by atoms with E-state index >= 15 is 0 Å². The first-order chi connectivity index (χ1) is 13.0. The first kappa shape index (κ1) is 19.7. The molecule has 0 saturated carbocycles. The Labute approximate surface area is 165 Å². The van der Waals surface area contributed by atoms with Crippen molar-refractivity contribution in [3.05, 3.63) is 46.1 Å². The van der Waals surface area contributed by atoms with Gasteiger partial charge in [-0.3, -0.25) is 9.80 Å². The normalized spacial score (nSPS) is 21.2. The fourth-order valence-corrected chi connectivity index (χ4v) is 3.86. The van der Waals surface area contributed by atoms with Gasteiger partial charge in [-0.25, -0.2) is 9.59 Å². The van der Waals surface area contributed by atoms with Gasteiger partial charge in [-0.2, -0.15) is 0 Å². The van der Waals surface area contributed by atoms with Gasteiger partial charge in [0.2, 0.25) is 0 Å². The molecule has 1 aromatic carbocycles. The average molecular weight is 392 g/mol. The summed E-state index contributed by atoms with van der Waals surface area (Å²) in [5.41, 5.74) is 1.94. The van der Waals surface area contributed by atoms with Crippen molar-refractivity contribution in [3.63, 3.8) is 0 Å². The molecule has 3 rings (SSSR count). The van der Waals surface area contributed by atoms with Crippen LogP contribution in [-0.2, 0) is 9.53 Å². The number of likely N-dealkylation sites (tertiary alicyclic amines) is 1. The topological polar surface area (TPSA) is 61.9 Å². The summed E-state index contributed by atoms with van der Waals surface area (Å²) in [5, 5.41) is 3.47. The Hall–Kier alpha value is -2.05. The summed E-state index contributed by atoms with van der Waals surface area (Å²) < 4.78 is 5.34. The molecular formula is C20H26ClN3O3. The standard InChI is InChI=1S/C20H26ClN3O3/c1-3-27-19(25)17-16(13-24-10-5-4-6-11-24)23(2)20(26)22-18(17)14-8-7-9-15(21)12-14/h7-9,12,18H,3-6,10-11,13H2,1-2H3,(H,22,26)/t18-/m0/s1. The molecule has 2 amide bonds. The molecule has 146 valence electrons. The first-order valence-electron chi connectivity index (χ1n) is 9.43. The lowest BCUT2D eigenvalue weighted by Crippen LogP contribution is -2.49. The Kier molecular flexibility index (Phi) is 6.39. The van der Waals surface area contributed by atoms with Crippen molar-refractivity contribution in [3.8, 4) is 0 Å². The lowest BCUT2D eigenvalue weighted by atomic mass is 9.94. The second-order valence-corrected chi connectivity index (χ2v) is 7.35. The average Bonchev–Trinajstić information content (AvgIpc) is 2.66. The van der Waals surface area contributed by atoms with Crippen molar-refractivity contribution in [1.29, 1.82) is 0 Å². The van der Waals surface area contributed by atoms with Crippen LogP contribution in [0, 0.1) is 0 Å². The third-order valence-electron chi connectivity index (χ3n) is 5.08. The number of likely N-dealkylation sites (N-methyl/N-ethyl adjacent to an activating group) is 1. The maximum absolute atomic E-state index is 12.9. The molecule has 0 aliphatic carbocycles. The molecule has 2 heterocycles. The van der Waals surface area contributed by atoms with E-state index in [4.69, 9.17) is 16.3 Å². The predicted octanol–water partition coefficient (Wildman–Crippen LogP) is 3.34. The van der Waals surface area contributed by atoms with Gasteiger partial charge in [0.25, 0.3) is 0 Å². The molecule has 1 atom stereocenters.